The van der Waals surface area contributed by atoms with Crippen molar-refractivity contribution in [3.05, 3.63) is 81.6 Å². The molecule has 3 saturated carbocycles. The third-order valence-corrected chi connectivity index (χ3v) is 14.4. The average Bonchev–Trinajstić information content (AvgIpc) is 3.65. The van der Waals surface area contributed by atoms with Crippen LogP contribution in [0.4, 0.5) is 13.6 Å². The second-order valence-corrected chi connectivity index (χ2v) is 17.2. The minimum atomic E-state index is -1.21. The number of hydrogen-bond acceptors (Lipinski definition) is 5. The number of urea groups is 1. The van der Waals surface area contributed by atoms with Crippen LogP contribution in [0.15, 0.2) is 59.5 Å². The Bertz CT molecular complexity index is 1680. The molecule has 258 valence electrons. The number of carbonyl (C=O) groups excluding carboxylic acids is 2. The summed E-state index contributed by atoms with van der Waals surface area (Å²) >= 11 is 1.65. The highest BCUT2D eigenvalue weighted by Crippen LogP contribution is 2.78. The van der Waals surface area contributed by atoms with Crippen molar-refractivity contribution in [1.29, 1.82) is 0 Å². The molecule has 2 spiro atoms. The van der Waals surface area contributed by atoms with E-state index in [4.69, 9.17) is 0 Å². The zero-order chi connectivity index (χ0) is 34.3. The van der Waals surface area contributed by atoms with Gasteiger partial charge in [0.15, 0.2) is 17.4 Å². The summed E-state index contributed by atoms with van der Waals surface area (Å²) < 4.78 is 28.6. The number of rotatable bonds is 8. The van der Waals surface area contributed by atoms with Crippen molar-refractivity contribution < 1.29 is 28.6 Å². The monoisotopic (exact) mass is 678 g/mol. The number of aliphatic hydroxyl groups is 2. The van der Waals surface area contributed by atoms with Crippen molar-refractivity contribution in [3.63, 3.8) is 0 Å². The molecule has 8 atom stereocenters. The Balaban J connectivity index is 1.30. The van der Waals surface area contributed by atoms with Crippen molar-refractivity contribution >= 4 is 23.2 Å². The van der Waals surface area contributed by atoms with Gasteiger partial charge in [0, 0.05) is 44.8 Å². The van der Waals surface area contributed by atoms with E-state index in [0.29, 0.717) is 44.2 Å². The number of carbonyl (C=O) groups is 2. The van der Waals surface area contributed by atoms with Crippen LogP contribution in [0.2, 0.25) is 0 Å². The highest BCUT2D eigenvalue weighted by atomic mass is 32.1. The minimum absolute atomic E-state index is 0.0581. The van der Waals surface area contributed by atoms with E-state index < -0.39 is 39.6 Å². The summed E-state index contributed by atoms with van der Waals surface area (Å²) in [5.41, 5.74) is -2.64. The average molecular weight is 679 g/mol. The quantitative estimate of drug-likeness (QED) is 0.200. The van der Waals surface area contributed by atoms with Crippen molar-refractivity contribution in [2.24, 2.45) is 33.5 Å². The molecule has 3 fully saturated rings. The van der Waals surface area contributed by atoms with Gasteiger partial charge in [0.2, 0.25) is 0 Å². The second-order valence-electron chi connectivity index (χ2n) is 16.1. The van der Waals surface area contributed by atoms with Gasteiger partial charge < -0.3 is 20.4 Å². The lowest BCUT2D eigenvalue weighted by molar-refractivity contribution is -0.174. The molecular formula is C39H48F2N2O4S. The Labute approximate surface area is 286 Å². The predicted octanol–water partition coefficient (Wildman–Crippen LogP) is 7.46. The van der Waals surface area contributed by atoms with Gasteiger partial charge in [-0.05, 0) is 112 Å². The first-order valence-corrected chi connectivity index (χ1v) is 18.5. The Morgan fingerprint density at radius 3 is 2.46 bits per heavy atom. The summed E-state index contributed by atoms with van der Waals surface area (Å²) in [4.78, 5) is 31.2. The fourth-order valence-electron chi connectivity index (χ4n) is 11.0. The Kier molecular flexibility index (Phi) is 8.12. The number of halogens is 2. The third-order valence-electron chi connectivity index (χ3n) is 13.5. The van der Waals surface area contributed by atoms with E-state index in [1.165, 1.54) is 10.9 Å². The van der Waals surface area contributed by atoms with E-state index in [0.717, 1.165) is 31.4 Å². The standard InChI is InChI=1S/C39H48F2N2O4S/c1-24(2)42-34(46)43(18-12-27-6-5-19-48-27)23-38(47)15-11-32-36(38,4)14-10-31-35(3)13-9-26(44)21-37(35)16-17-39(31,32)28(22-37)33(45)25-7-8-29(40)30(41)20-25/h5-8,16-17,19-20,22,24,26,31-32,44,47H,9-15,18,21,23H2,1-4H3,(H,42,46). The third kappa shape index (κ3) is 4.81. The van der Waals surface area contributed by atoms with Crippen LogP contribution in [0, 0.1) is 45.1 Å². The molecule has 1 aromatic heterocycles. The maximum atomic E-state index is 14.6. The number of aliphatic hydroxyl groups excluding tert-OH is 1. The summed E-state index contributed by atoms with van der Waals surface area (Å²) in [5.74, 6) is -2.44. The maximum Gasteiger partial charge on any atom is 0.317 e. The number of fused-ring (bicyclic) bond motifs is 1. The number of benzene rings is 1. The fraction of sp³-hybridized carbons (Fsp3) is 0.590. The molecule has 0 radical (unpaired) electrons. The van der Waals surface area contributed by atoms with Crippen LogP contribution in [0.1, 0.15) is 87.9 Å². The van der Waals surface area contributed by atoms with Crippen LogP contribution in [0.25, 0.3) is 0 Å². The largest absolute Gasteiger partial charge is 0.393 e. The lowest BCUT2D eigenvalue weighted by Crippen LogP contribution is -2.67. The fourth-order valence-corrected chi connectivity index (χ4v) is 11.7. The summed E-state index contributed by atoms with van der Waals surface area (Å²) in [6.45, 7) is 8.96. The highest BCUT2D eigenvalue weighted by molar-refractivity contribution is 7.09. The van der Waals surface area contributed by atoms with Crippen molar-refractivity contribution in [2.45, 2.75) is 96.8 Å². The summed E-state index contributed by atoms with van der Waals surface area (Å²) in [5, 5.41) is 28.8. The first-order valence-electron chi connectivity index (χ1n) is 17.6. The smallest absolute Gasteiger partial charge is 0.317 e. The first kappa shape index (κ1) is 33.6. The number of thiophene rings is 1. The SMILES string of the molecule is CC(C)NC(=O)N(CCc1cccs1)CC1(O)CCC2C34C=CC5(C=C3C(=O)c3ccc(F)c(F)c3)CC(O)CCC5(C)C4CCC21C. The molecule has 6 nitrogen and oxygen atoms in total. The van der Waals surface area contributed by atoms with E-state index in [-0.39, 0.29) is 47.2 Å². The molecule has 48 heavy (non-hydrogen) atoms. The van der Waals surface area contributed by atoms with Crippen LogP contribution < -0.4 is 5.32 Å². The molecule has 2 aromatic rings. The van der Waals surface area contributed by atoms with E-state index in [2.05, 4.69) is 43.5 Å². The molecule has 0 saturated heterocycles. The molecule has 8 unspecified atom stereocenters. The zero-order valence-electron chi connectivity index (χ0n) is 28.4. The number of amides is 2. The van der Waals surface area contributed by atoms with Crippen molar-refractivity contribution in [3.8, 4) is 0 Å². The number of allylic oxidation sites excluding steroid dienone is 4. The number of hydrogen-bond donors (Lipinski definition) is 3. The second kappa shape index (κ2) is 11.6. The van der Waals surface area contributed by atoms with Gasteiger partial charge in [-0.25, -0.2) is 13.6 Å². The Morgan fingerprint density at radius 1 is 1.02 bits per heavy atom. The lowest BCUT2D eigenvalue weighted by atomic mass is 9.32. The molecule has 0 aliphatic heterocycles. The molecule has 6 aliphatic carbocycles. The van der Waals surface area contributed by atoms with Crippen molar-refractivity contribution in [1.82, 2.24) is 10.2 Å². The number of ketones is 1. The van der Waals surface area contributed by atoms with Crippen LogP contribution in [-0.4, -0.2) is 57.8 Å². The van der Waals surface area contributed by atoms with E-state index >= 15 is 0 Å². The minimum Gasteiger partial charge on any atom is -0.393 e. The maximum absolute atomic E-state index is 14.6. The molecule has 3 N–H and O–H groups in total. The Hall–Kier alpha value is -2.88. The van der Waals surface area contributed by atoms with Gasteiger partial charge in [-0.2, -0.15) is 0 Å². The normalized spacial score (nSPS) is 37.9. The number of nitrogens with zero attached hydrogens (tertiary/aromatic N) is 1. The van der Waals surface area contributed by atoms with Gasteiger partial charge in [-0.3, -0.25) is 4.79 Å². The molecule has 1 heterocycles. The highest BCUT2D eigenvalue weighted by Gasteiger charge is 2.74. The predicted molar refractivity (Wildman–Crippen MR) is 183 cm³/mol. The van der Waals surface area contributed by atoms with E-state index in [1.54, 1.807) is 16.2 Å². The molecule has 2 amide bonds. The van der Waals surface area contributed by atoms with E-state index in [9.17, 15) is 28.6 Å². The summed E-state index contributed by atoms with van der Waals surface area (Å²) in [6, 6.07) is 7.17. The molecule has 8 rings (SSSR count). The van der Waals surface area contributed by atoms with E-state index in [1.807, 2.05) is 25.3 Å². The Morgan fingerprint density at radius 2 is 1.75 bits per heavy atom. The van der Waals surface area contributed by atoms with Gasteiger partial charge in [-0.1, -0.05) is 38.1 Å². The molecule has 1 aromatic carbocycles. The van der Waals surface area contributed by atoms with Gasteiger partial charge >= 0.3 is 6.03 Å². The molecule has 9 heteroatoms. The lowest BCUT2D eigenvalue weighted by Gasteiger charge is -2.71. The van der Waals surface area contributed by atoms with Gasteiger partial charge in [0.05, 0.1) is 18.2 Å². The molecular weight excluding hydrogens is 631 g/mol. The topological polar surface area (TPSA) is 89.9 Å². The molecule has 6 aliphatic rings. The van der Waals surface area contributed by atoms with Crippen molar-refractivity contribution in [2.75, 3.05) is 13.1 Å². The van der Waals surface area contributed by atoms with Crippen LogP contribution in [0.3, 0.4) is 0 Å². The number of nitrogens with one attached hydrogen (secondary N) is 1. The van der Waals surface area contributed by atoms with Gasteiger partial charge in [0.25, 0.3) is 0 Å². The van der Waals surface area contributed by atoms with Gasteiger partial charge in [0.1, 0.15) is 0 Å². The summed E-state index contributed by atoms with van der Waals surface area (Å²) in [7, 11) is 0. The van der Waals surface area contributed by atoms with Crippen LogP contribution >= 0.6 is 11.3 Å². The number of Topliss-reactive ketones (excluding diaryl/α,β-unsaturated/α-hetero) is 1. The zero-order valence-corrected chi connectivity index (χ0v) is 29.2. The first-order chi connectivity index (χ1) is 22.7. The van der Waals surface area contributed by atoms with Crippen LogP contribution in [-0.2, 0) is 6.42 Å². The molecule has 2 bridgehead atoms. The van der Waals surface area contributed by atoms with Gasteiger partial charge in [-0.15, -0.1) is 11.3 Å². The van der Waals surface area contributed by atoms with Crippen LogP contribution in [0.5, 0.6) is 0 Å². The summed E-state index contributed by atoms with van der Waals surface area (Å²) in [6.07, 6.45) is 11.4.